The van der Waals surface area contributed by atoms with Crippen LogP contribution in [0.3, 0.4) is 0 Å². The van der Waals surface area contributed by atoms with Crippen molar-refractivity contribution in [1.82, 2.24) is 10.2 Å². The van der Waals surface area contributed by atoms with Crippen LogP contribution in [0, 0.1) is 5.82 Å². The van der Waals surface area contributed by atoms with E-state index in [0.717, 1.165) is 48.7 Å². The smallest absolute Gasteiger partial charge is 0.293 e. The Balaban J connectivity index is 1.11. The van der Waals surface area contributed by atoms with E-state index in [1.165, 1.54) is 6.07 Å². The molecule has 2 N–H and O–H groups in total. The van der Waals surface area contributed by atoms with Crippen LogP contribution in [0.2, 0.25) is 5.02 Å². The molecule has 0 spiro atoms. The molecule has 1 aliphatic rings. The minimum atomic E-state index is -0.444. The number of amides is 1. The van der Waals surface area contributed by atoms with E-state index in [9.17, 15) is 9.18 Å². The number of thiocarbonyl (C=S) groups is 1. The normalized spacial score (nSPS) is 13.8. The summed E-state index contributed by atoms with van der Waals surface area (Å²) in [5.74, 6) is 0.0908. The largest absolute Gasteiger partial charge is 0.451 e. The van der Waals surface area contributed by atoms with Crippen molar-refractivity contribution in [3.8, 4) is 11.3 Å². The number of benzene rings is 3. The third-order valence-electron chi connectivity index (χ3n) is 6.38. The summed E-state index contributed by atoms with van der Waals surface area (Å²) in [4.78, 5) is 17.2. The summed E-state index contributed by atoms with van der Waals surface area (Å²) in [5.41, 5.74) is 3.37. The van der Waals surface area contributed by atoms with Crippen LogP contribution < -0.4 is 15.5 Å². The summed E-state index contributed by atoms with van der Waals surface area (Å²) in [6.45, 7) is 4.05. The maximum Gasteiger partial charge on any atom is 0.293 e. The molecule has 4 aromatic rings. The molecular formula is C29H26ClFN4O2S. The fourth-order valence-electron chi connectivity index (χ4n) is 4.37. The maximum absolute atomic E-state index is 14.0. The molecule has 194 valence electrons. The molecule has 1 aromatic heterocycles. The second-order valence-corrected chi connectivity index (χ2v) is 9.83. The first-order valence-corrected chi connectivity index (χ1v) is 13.0. The number of rotatable bonds is 6. The summed E-state index contributed by atoms with van der Waals surface area (Å²) < 4.78 is 19.6. The SMILES string of the molecule is O=C(NC(=S)Nc1ccc(N2CCN(Cc3ccccc3F)CC2)cc1)c1ccc(-c2cccc(Cl)c2)o1. The predicted molar refractivity (Wildman–Crippen MR) is 153 cm³/mol. The molecule has 6 nitrogen and oxygen atoms in total. The van der Waals surface area contributed by atoms with Crippen molar-refractivity contribution in [2.24, 2.45) is 0 Å². The van der Waals surface area contributed by atoms with Gasteiger partial charge in [0.15, 0.2) is 10.9 Å². The fraction of sp³-hybridized carbons (Fsp3) is 0.172. The monoisotopic (exact) mass is 548 g/mol. The first-order chi connectivity index (χ1) is 18.4. The van der Waals surface area contributed by atoms with E-state index in [1.54, 1.807) is 30.3 Å². The average Bonchev–Trinajstić information content (AvgIpc) is 3.42. The van der Waals surface area contributed by atoms with Gasteiger partial charge in [0.1, 0.15) is 11.6 Å². The van der Waals surface area contributed by atoms with E-state index in [4.69, 9.17) is 28.2 Å². The molecule has 0 bridgehead atoms. The Kier molecular flexibility index (Phi) is 8.03. The molecule has 5 rings (SSSR count). The Bertz CT molecular complexity index is 1430. The highest BCUT2D eigenvalue weighted by Gasteiger charge is 2.19. The highest BCUT2D eigenvalue weighted by molar-refractivity contribution is 7.80. The number of furan rings is 1. The van der Waals surface area contributed by atoms with E-state index < -0.39 is 5.91 Å². The fourth-order valence-corrected chi connectivity index (χ4v) is 4.77. The highest BCUT2D eigenvalue weighted by atomic mass is 35.5. The van der Waals surface area contributed by atoms with Crippen LogP contribution in [0.25, 0.3) is 11.3 Å². The van der Waals surface area contributed by atoms with Crippen LogP contribution in [0.5, 0.6) is 0 Å². The topological polar surface area (TPSA) is 60.8 Å². The molecule has 1 amide bonds. The van der Waals surface area contributed by atoms with Crippen molar-refractivity contribution in [2.75, 3.05) is 36.4 Å². The third kappa shape index (κ3) is 6.39. The molecule has 2 heterocycles. The Morgan fingerprint density at radius 2 is 1.71 bits per heavy atom. The number of nitrogens with zero attached hydrogens (tertiary/aromatic N) is 2. The van der Waals surface area contributed by atoms with E-state index in [2.05, 4.69) is 20.4 Å². The Labute approximate surface area is 231 Å². The van der Waals surface area contributed by atoms with Crippen LogP contribution in [0.4, 0.5) is 15.8 Å². The number of piperazine rings is 1. The molecular weight excluding hydrogens is 523 g/mol. The second kappa shape index (κ2) is 11.8. The lowest BCUT2D eigenvalue weighted by atomic mass is 10.1. The van der Waals surface area contributed by atoms with Crippen LogP contribution in [-0.2, 0) is 6.54 Å². The number of carbonyl (C=O) groups is 1. The molecule has 1 fully saturated rings. The van der Waals surface area contributed by atoms with E-state index in [1.807, 2.05) is 48.5 Å². The van der Waals surface area contributed by atoms with Gasteiger partial charge in [0.2, 0.25) is 0 Å². The van der Waals surface area contributed by atoms with Crippen LogP contribution in [0.15, 0.2) is 89.3 Å². The molecule has 0 unspecified atom stereocenters. The van der Waals surface area contributed by atoms with Crippen molar-refractivity contribution >= 4 is 46.2 Å². The van der Waals surface area contributed by atoms with Gasteiger partial charge in [0.05, 0.1) is 0 Å². The van der Waals surface area contributed by atoms with Gasteiger partial charge in [0.25, 0.3) is 5.91 Å². The summed E-state index contributed by atoms with van der Waals surface area (Å²) in [5, 5.41) is 6.44. The first kappa shape index (κ1) is 25.9. The molecule has 1 saturated heterocycles. The van der Waals surface area contributed by atoms with Gasteiger partial charge < -0.3 is 14.6 Å². The summed E-state index contributed by atoms with van der Waals surface area (Å²) >= 11 is 11.4. The standard InChI is InChI=1S/C29H26ClFN4O2S/c30-22-6-3-5-20(18-22)26-12-13-27(37-26)28(36)33-29(38)32-23-8-10-24(11-9-23)35-16-14-34(15-17-35)19-21-4-1-2-7-25(21)31/h1-13,18H,14-17,19H2,(H2,32,33,36,38). The first-order valence-electron chi connectivity index (χ1n) is 12.2. The minimum absolute atomic E-state index is 0.147. The van der Waals surface area contributed by atoms with Crippen molar-refractivity contribution < 1.29 is 13.6 Å². The Morgan fingerprint density at radius 1 is 0.947 bits per heavy atom. The van der Waals surface area contributed by atoms with Gasteiger partial charge in [-0.3, -0.25) is 15.0 Å². The molecule has 0 atom stereocenters. The number of carbonyl (C=O) groups excluding carboxylic acids is 1. The van der Waals surface area contributed by atoms with E-state index >= 15 is 0 Å². The van der Waals surface area contributed by atoms with E-state index in [-0.39, 0.29) is 16.7 Å². The zero-order chi connectivity index (χ0) is 26.5. The van der Waals surface area contributed by atoms with Crippen LogP contribution >= 0.6 is 23.8 Å². The van der Waals surface area contributed by atoms with Crippen LogP contribution in [-0.4, -0.2) is 42.1 Å². The Hall–Kier alpha value is -3.72. The highest BCUT2D eigenvalue weighted by Crippen LogP contribution is 2.25. The number of nitrogens with one attached hydrogen (secondary N) is 2. The quantitative estimate of drug-likeness (QED) is 0.280. The molecule has 38 heavy (non-hydrogen) atoms. The molecule has 9 heteroatoms. The van der Waals surface area contributed by atoms with Gasteiger partial charge in [-0.05, 0) is 66.8 Å². The summed E-state index contributed by atoms with van der Waals surface area (Å²) in [7, 11) is 0. The van der Waals surface area contributed by atoms with Gasteiger partial charge in [0, 0.05) is 60.2 Å². The molecule has 0 saturated carbocycles. The lowest BCUT2D eigenvalue weighted by molar-refractivity contribution is 0.0951. The second-order valence-electron chi connectivity index (χ2n) is 8.98. The van der Waals surface area contributed by atoms with Gasteiger partial charge in [-0.2, -0.15) is 0 Å². The molecule has 1 aliphatic heterocycles. The predicted octanol–water partition coefficient (Wildman–Crippen LogP) is 6.19. The lowest BCUT2D eigenvalue weighted by Gasteiger charge is -2.36. The van der Waals surface area contributed by atoms with Gasteiger partial charge >= 0.3 is 0 Å². The summed E-state index contributed by atoms with van der Waals surface area (Å²) in [6.07, 6.45) is 0. The number of halogens is 2. The maximum atomic E-state index is 14.0. The minimum Gasteiger partial charge on any atom is -0.451 e. The molecule has 3 aromatic carbocycles. The van der Waals surface area contributed by atoms with Crippen molar-refractivity contribution in [3.63, 3.8) is 0 Å². The van der Waals surface area contributed by atoms with Crippen LogP contribution in [0.1, 0.15) is 16.1 Å². The molecule has 0 radical (unpaired) electrons. The van der Waals surface area contributed by atoms with E-state index in [0.29, 0.717) is 17.3 Å². The van der Waals surface area contributed by atoms with Crippen molar-refractivity contribution in [3.05, 3.63) is 107 Å². The number of hydrogen-bond donors (Lipinski definition) is 2. The lowest BCUT2D eigenvalue weighted by Crippen LogP contribution is -2.46. The number of anilines is 2. The summed E-state index contributed by atoms with van der Waals surface area (Å²) in [6, 6.07) is 25.3. The zero-order valence-electron chi connectivity index (χ0n) is 20.5. The van der Waals surface area contributed by atoms with Crippen molar-refractivity contribution in [2.45, 2.75) is 6.54 Å². The average molecular weight is 549 g/mol. The molecule has 0 aliphatic carbocycles. The van der Waals surface area contributed by atoms with Gasteiger partial charge in [-0.1, -0.05) is 41.9 Å². The van der Waals surface area contributed by atoms with Gasteiger partial charge in [-0.15, -0.1) is 0 Å². The number of hydrogen-bond acceptors (Lipinski definition) is 5. The third-order valence-corrected chi connectivity index (χ3v) is 6.82. The zero-order valence-corrected chi connectivity index (χ0v) is 22.1. The van der Waals surface area contributed by atoms with Crippen molar-refractivity contribution in [1.29, 1.82) is 0 Å². The Morgan fingerprint density at radius 3 is 2.45 bits per heavy atom. The van der Waals surface area contributed by atoms with Gasteiger partial charge in [-0.25, -0.2) is 4.39 Å².